The molecule has 1 spiro atoms. The molecule has 0 bridgehead atoms. The number of hydrogen-bond donors (Lipinski definition) is 2. The lowest BCUT2D eigenvalue weighted by Crippen LogP contribution is -2.52. The van der Waals surface area contributed by atoms with Gasteiger partial charge in [0.1, 0.15) is 5.52 Å². The Morgan fingerprint density at radius 1 is 1.19 bits per heavy atom. The van der Waals surface area contributed by atoms with E-state index in [9.17, 15) is 4.79 Å². The van der Waals surface area contributed by atoms with Crippen LogP contribution in [0.5, 0.6) is 0 Å². The van der Waals surface area contributed by atoms with Gasteiger partial charge in [0.25, 0.3) is 0 Å². The molecule has 0 unspecified atom stereocenters. The maximum Gasteiger partial charge on any atom is 0.319 e. The summed E-state index contributed by atoms with van der Waals surface area (Å²) in [6.07, 6.45) is 10.3. The predicted octanol–water partition coefficient (Wildman–Crippen LogP) is 5.17. The third kappa shape index (κ3) is 3.88. The fourth-order valence-corrected chi connectivity index (χ4v) is 5.91. The van der Waals surface area contributed by atoms with Crippen molar-refractivity contribution in [2.45, 2.75) is 76.0 Å². The van der Waals surface area contributed by atoms with Crippen molar-refractivity contribution >= 4 is 34.4 Å². The molecule has 2 saturated carbocycles. The monoisotopic (exact) mass is 458 g/mol. The Labute approximate surface area is 193 Å². The Hall–Kier alpha value is -1.83. The van der Waals surface area contributed by atoms with Gasteiger partial charge in [-0.25, -0.2) is 9.78 Å². The Morgan fingerprint density at radius 3 is 2.72 bits per heavy atom. The number of fused-ring (bicyclic) bond motifs is 4. The summed E-state index contributed by atoms with van der Waals surface area (Å²) in [6, 6.07) is 1.63. The highest BCUT2D eigenvalue weighted by atomic mass is 35.5. The van der Waals surface area contributed by atoms with Crippen LogP contribution < -0.4 is 10.6 Å². The van der Waals surface area contributed by atoms with E-state index in [4.69, 9.17) is 25.7 Å². The number of hydrogen-bond acceptors (Lipinski definition) is 5. The molecule has 2 aliphatic heterocycles. The van der Waals surface area contributed by atoms with Gasteiger partial charge < -0.3 is 19.8 Å². The summed E-state index contributed by atoms with van der Waals surface area (Å²) < 4.78 is 12.4. The third-order valence-corrected chi connectivity index (χ3v) is 7.91. The molecule has 2 aromatic rings. The quantitative estimate of drug-likeness (QED) is 0.646. The largest absolute Gasteiger partial charge is 0.439 e. The zero-order valence-electron chi connectivity index (χ0n) is 18.4. The minimum Gasteiger partial charge on any atom is -0.439 e. The number of nitrogens with one attached hydrogen (secondary N) is 2. The Kier molecular flexibility index (Phi) is 5.31. The molecule has 0 atom stereocenters. The molecule has 2 N–H and O–H groups in total. The number of carbonyl (C=O) groups is 1. The molecule has 32 heavy (non-hydrogen) atoms. The van der Waals surface area contributed by atoms with Crippen LogP contribution in [0.15, 0.2) is 10.5 Å². The molecule has 172 valence electrons. The van der Waals surface area contributed by atoms with Gasteiger partial charge in [-0.3, -0.25) is 4.90 Å². The molecule has 6 rings (SSSR count). The van der Waals surface area contributed by atoms with Crippen LogP contribution >= 0.6 is 11.6 Å². The number of aromatic nitrogens is 1. The first kappa shape index (κ1) is 20.8. The molecule has 1 aromatic carbocycles. The second-order valence-electron chi connectivity index (χ2n) is 10.0. The standard InChI is InChI=1S/C24H31ClN4O3/c25-17-12-18-22(20-21(17)27-23(30)28-24(20)8-2-1-3-9-24)32-19(26-18)13-29-10-6-16(7-11-29)31-14-15-4-5-15/h12,15-16H,1-11,13-14H2,(H2,27,28,30). The van der Waals surface area contributed by atoms with Gasteiger partial charge in [0.2, 0.25) is 5.89 Å². The first-order valence-corrected chi connectivity index (χ1v) is 12.5. The maximum absolute atomic E-state index is 12.4. The number of urea groups is 1. The summed E-state index contributed by atoms with van der Waals surface area (Å²) in [4.78, 5) is 19.6. The van der Waals surface area contributed by atoms with Gasteiger partial charge in [-0.05, 0) is 50.5 Å². The van der Waals surface area contributed by atoms with Crippen molar-refractivity contribution in [2.24, 2.45) is 5.92 Å². The van der Waals surface area contributed by atoms with Crippen molar-refractivity contribution < 1.29 is 13.9 Å². The van der Waals surface area contributed by atoms with E-state index in [1.165, 1.54) is 19.3 Å². The minimum absolute atomic E-state index is 0.188. The fraction of sp³-hybridized carbons (Fsp3) is 0.667. The number of nitrogens with zero attached hydrogens (tertiary/aromatic N) is 2. The number of ether oxygens (including phenoxy) is 1. The van der Waals surface area contributed by atoms with E-state index in [2.05, 4.69) is 15.5 Å². The number of amides is 2. The molecule has 3 fully saturated rings. The molecule has 1 aromatic heterocycles. The van der Waals surface area contributed by atoms with Crippen molar-refractivity contribution in [1.82, 2.24) is 15.2 Å². The van der Waals surface area contributed by atoms with Crippen molar-refractivity contribution in [3.05, 3.63) is 22.5 Å². The van der Waals surface area contributed by atoms with Crippen LogP contribution in [0.4, 0.5) is 10.5 Å². The lowest BCUT2D eigenvalue weighted by Gasteiger charge is -2.42. The van der Waals surface area contributed by atoms with Gasteiger partial charge in [-0.2, -0.15) is 0 Å². The lowest BCUT2D eigenvalue weighted by molar-refractivity contribution is -0.000389. The number of halogens is 1. The van der Waals surface area contributed by atoms with E-state index in [1.807, 2.05) is 6.07 Å². The Morgan fingerprint density at radius 2 is 1.97 bits per heavy atom. The van der Waals surface area contributed by atoms with E-state index >= 15 is 0 Å². The van der Waals surface area contributed by atoms with Crippen LogP contribution in [0.1, 0.15) is 69.2 Å². The summed E-state index contributed by atoms with van der Waals surface area (Å²) in [5.41, 5.74) is 2.77. The topological polar surface area (TPSA) is 79.6 Å². The van der Waals surface area contributed by atoms with Gasteiger partial charge >= 0.3 is 6.03 Å². The normalized spacial score (nSPS) is 23.8. The number of oxazole rings is 1. The summed E-state index contributed by atoms with van der Waals surface area (Å²) >= 11 is 6.61. The highest BCUT2D eigenvalue weighted by molar-refractivity contribution is 6.35. The number of likely N-dealkylation sites (tertiary alicyclic amines) is 1. The van der Waals surface area contributed by atoms with Crippen molar-refractivity contribution in [3.63, 3.8) is 0 Å². The highest BCUT2D eigenvalue weighted by Crippen LogP contribution is 2.48. The fourth-order valence-electron chi connectivity index (χ4n) is 5.66. The summed E-state index contributed by atoms with van der Waals surface area (Å²) in [5.74, 6) is 1.53. The molecule has 2 amide bonds. The summed E-state index contributed by atoms with van der Waals surface area (Å²) in [7, 11) is 0. The molecule has 2 aliphatic carbocycles. The van der Waals surface area contributed by atoms with Crippen LogP contribution in [-0.2, 0) is 16.8 Å². The second-order valence-corrected chi connectivity index (χ2v) is 10.4. The van der Waals surface area contributed by atoms with Gasteiger partial charge in [0, 0.05) is 25.3 Å². The van der Waals surface area contributed by atoms with Crippen molar-refractivity contribution in [1.29, 1.82) is 0 Å². The van der Waals surface area contributed by atoms with Gasteiger partial charge in [-0.1, -0.05) is 30.9 Å². The van der Waals surface area contributed by atoms with E-state index in [0.717, 1.165) is 80.8 Å². The van der Waals surface area contributed by atoms with Crippen molar-refractivity contribution in [2.75, 3.05) is 25.0 Å². The number of carbonyl (C=O) groups excluding carboxylic acids is 1. The zero-order valence-corrected chi connectivity index (χ0v) is 19.2. The number of rotatable bonds is 5. The Balaban J connectivity index is 1.24. The minimum atomic E-state index is -0.424. The summed E-state index contributed by atoms with van der Waals surface area (Å²) in [6.45, 7) is 3.61. The number of anilines is 1. The lowest BCUT2D eigenvalue weighted by atomic mass is 9.74. The smallest absolute Gasteiger partial charge is 0.319 e. The average molecular weight is 459 g/mol. The van der Waals surface area contributed by atoms with Crippen LogP contribution in [0.25, 0.3) is 11.1 Å². The average Bonchev–Trinajstić information content (AvgIpc) is 3.53. The third-order valence-electron chi connectivity index (χ3n) is 7.61. The molecule has 4 aliphatic rings. The van der Waals surface area contributed by atoms with Gasteiger partial charge in [0.15, 0.2) is 5.58 Å². The number of piperidine rings is 1. The SMILES string of the molecule is O=C1Nc2c(Cl)cc3nc(CN4CCC(OCC5CC5)CC4)oc3c2C2(CCCCC2)N1. The zero-order chi connectivity index (χ0) is 21.7. The van der Waals surface area contributed by atoms with E-state index in [1.54, 1.807) is 0 Å². The van der Waals surface area contributed by atoms with Crippen molar-refractivity contribution in [3.8, 4) is 0 Å². The first-order chi connectivity index (χ1) is 15.6. The second kappa shape index (κ2) is 8.19. The van der Waals surface area contributed by atoms with Crippen LogP contribution in [-0.4, -0.2) is 41.7 Å². The predicted molar refractivity (Wildman–Crippen MR) is 123 cm³/mol. The van der Waals surface area contributed by atoms with E-state index < -0.39 is 5.54 Å². The van der Waals surface area contributed by atoms with Crippen LogP contribution in [0, 0.1) is 5.92 Å². The molecule has 7 nitrogen and oxygen atoms in total. The molecule has 8 heteroatoms. The molecule has 3 heterocycles. The van der Waals surface area contributed by atoms with E-state index in [0.29, 0.717) is 29.2 Å². The molecular formula is C24H31ClN4O3. The van der Waals surface area contributed by atoms with Gasteiger partial charge in [-0.15, -0.1) is 0 Å². The molecule has 1 saturated heterocycles. The summed E-state index contributed by atoms with van der Waals surface area (Å²) in [5, 5.41) is 6.65. The maximum atomic E-state index is 12.4. The first-order valence-electron chi connectivity index (χ1n) is 12.2. The number of benzene rings is 1. The van der Waals surface area contributed by atoms with Gasteiger partial charge in [0.05, 0.1) is 28.9 Å². The van der Waals surface area contributed by atoms with E-state index in [-0.39, 0.29) is 6.03 Å². The molecular weight excluding hydrogens is 428 g/mol. The Bertz CT molecular complexity index is 1020. The molecule has 0 radical (unpaired) electrons. The van der Waals surface area contributed by atoms with Crippen LogP contribution in [0.3, 0.4) is 0 Å². The van der Waals surface area contributed by atoms with Crippen LogP contribution in [0.2, 0.25) is 5.02 Å². The highest BCUT2D eigenvalue weighted by Gasteiger charge is 2.44.